The molecule has 0 spiro atoms. The summed E-state index contributed by atoms with van der Waals surface area (Å²) in [5.74, 6) is 0.505. The number of nitrogens with zero attached hydrogens (tertiary/aromatic N) is 2. The lowest BCUT2D eigenvalue weighted by molar-refractivity contribution is -0.136. The van der Waals surface area contributed by atoms with Crippen LogP contribution in [-0.2, 0) is 14.3 Å². The molecule has 1 saturated carbocycles. The number of morpholine rings is 1. The monoisotopic (exact) mass is 365 g/mol. The summed E-state index contributed by atoms with van der Waals surface area (Å²) in [7, 11) is 0. The Balaban J connectivity index is 1.48. The van der Waals surface area contributed by atoms with Crippen molar-refractivity contribution in [1.29, 1.82) is 0 Å². The van der Waals surface area contributed by atoms with Crippen molar-refractivity contribution in [3.8, 4) is 0 Å². The number of rotatable bonds is 6. The van der Waals surface area contributed by atoms with E-state index in [4.69, 9.17) is 4.74 Å². The van der Waals surface area contributed by atoms with E-state index >= 15 is 0 Å². The Bertz CT molecular complexity index is 473. The number of amides is 2. The molecule has 0 aromatic carbocycles. The standard InChI is InChI=1S/C20H35N3O3/c1-16(21-20(25)17-6-2-3-7-17)14-19(24)23-9-5-4-8-18(23)15-22-10-12-26-13-11-22/h16-18H,2-15H2,1H3,(H,21,25)/t16-,18+/m0/s1. The van der Waals surface area contributed by atoms with Gasteiger partial charge in [0, 0.05) is 50.6 Å². The molecule has 148 valence electrons. The molecule has 0 bridgehead atoms. The molecule has 3 aliphatic rings. The molecule has 1 aliphatic carbocycles. The summed E-state index contributed by atoms with van der Waals surface area (Å²) in [5, 5.41) is 3.07. The third-order valence-electron chi connectivity index (χ3n) is 6.12. The van der Waals surface area contributed by atoms with Gasteiger partial charge in [-0.2, -0.15) is 0 Å². The Morgan fingerprint density at radius 3 is 2.46 bits per heavy atom. The van der Waals surface area contributed by atoms with Gasteiger partial charge < -0.3 is 15.0 Å². The maximum absolute atomic E-state index is 12.9. The van der Waals surface area contributed by atoms with E-state index in [2.05, 4.69) is 15.1 Å². The molecule has 26 heavy (non-hydrogen) atoms. The molecule has 0 radical (unpaired) electrons. The maximum atomic E-state index is 12.9. The smallest absolute Gasteiger partial charge is 0.224 e. The molecule has 2 saturated heterocycles. The Hall–Kier alpha value is -1.14. The van der Waals surface area contributed by atoms with E-state index in [9.17, 15) is 9.59 Å². The summed E-state index contributed by atoms with van der Waals surface area (Å²) >= 11 is 0. The van der Waals surface area contributed by atoms with Crippen LogP contribution in [0.5, 0.6) is 0 Å². The number of nitrogens with one attached hydrogen (secondary N) is 1. The molecule has 3 rings (SSSR count). The topological polar surface area (TPSA) is 61.9 Å². The van der Waals surface area contributed by atoms with Crippen molar-refractivity contribution in [2.45, 2.75) is 70.4 Å². The lowest BCUT2D eigenvalue weighted by Gasteiger charge is -2.40. The zero-order valence-electron chi connectivity index (χ0n) is 16.3. The first-order valence-electron chi connectivity index (χ1n) is 10.5. The van der Waals surface area contributed by atoms with Gasteiger partial charge in [0.25, 0.3) is 0 Å². The number of likely N-dealkylation sites (tertiary alicyclic amines) is 1. The van der Waals surface area contributed by atoms with Crippen molar-refractivity contribution in [3.63, 3.8) is 0 Å². The van der Waals surface area contributed by atoms with Gasteiger partial charge in [-0.05, 0) is 39.0 Å². The van der Waals surface area contributed by atoms with Crippen molar-refractivity contribution in [3.05, 3.63) is 0 Å². The fraction of sp³-hybridized carbons (Fsp3) is 0.900. The number of hydrogen-bond acceptors (Lipinski definition) is 4. The molecule has 0 aromatic rings. The highest BCUT2D eigenvalue weighted by Gasteiger charge is 2.30. The average molecular weight is 366 g/mol. The Kier molecular flexibility index (Phi) is 7.32. The number of ether oxygens (including phenoxy) is 1. The zero-order valence-corrected chi connectivity index (χ0v) is 16.3. The van der Waals surface area contributed by atoms with E-state index in [0.717, 1.165) is 77.9 Å². The van der Waals surface area contributed by atoms with E-state index in [1.165, 1.54) is 6.42 Å². The van der Waals surface area contributed by atoms with Gasteiger partial charge in [0.2, 0.25) is 11.8 Å². The molecule has 2 aliphatic heterocycles. The highest BCUT2D eigenvalue weighted by atomic mass is 16.5. The van der Waals surface area contributed by atoms with Gasteiger partial charge in [-0.25, -0.2) is 0 Å². The first-order valence-corrected chi connectivity index (χ1v) is 10.5. The van der Waals surface area contributed by atoms with Gasteiger partial charge in [0.05, 0.1) is 13.2 Å². The molecule has 0 unspecified atom stereocenters. The van der Waals surface area contributed by atoms with Crippen molar-refractivity contribution in [2.75, 3.05) is 39.4 Å². The van der Waals surface area contributed by atoms with Crippen LogP contribution in [0.3, 0.4) is 0 Å². The maximum Gasteiger partial charge on any atom is 0.224 e. The predicted octanol–water partition coefficient (Wildman–Crippen LogP) is 1.78. The molecular formula is C20H35N3O3. The third kappa shape index (κ3) is 5.43. The quantitative estimate of drug-likeness (QED) is 0.779. The molecule has 2 atom stereocenters. The average Bonchev–Trinajstić information content (AvgIpc) is 3.18. The van der Waals surface area contributed by atoms with E-state index in [0.29, 0.717) is 12.5 Å². The number of carbonyl (C=O) groups excluding carboxylic acids is 2. The summed E-state index contributed by atoms with van der Waals surface area (Å²) in [5.41, 5.74) is 0. The van der Waals surface area contributed by atoms with Gasteiger partial charge in [0.15, 0.2) is 0 Å². The summed E-state index contributed by atoms with van der Waals surface area (Å²) in [6.07, 6.45) is 8.11. The van der Waals surface area contributed by atoms with Crippen molar-refractivity contribution in [1.82, 2.24) is 15.1 Å². The number of piperidine rings is 1. The van der Waals surface area contributed by atoms with Gasteiger partial charge in [-0.15, -0.1) is 0 Å². The van der Waals surface area contributed by atoms with Crippen molar-refractivity contribution >= 4 is 11.8 Å². The van der Waals surface area contributed by atoms with Crippen LogP contribution in [0.2, 0.25) is 0 Å². The summed E-state index contributed by atoms with van der Waals surface area (Å²) in [4.78, 5) is 29.7. The molecule has 6 heteroatoms. The summed E-state index contributed by atoms with van der Waals surface area (Å²) in [6, 6.07) is 0.230. The van der Waals surface area contributed by atoms with Crippen LogP contribution in [0.4, 0.5) is 0 Å². The fourth-order valence-corrected chi connectivity index (χ4v) is 4.58. The van der Waals surface area contributed by atoms with Crippen LogP contribution in [0, 0.1) is 5.92 Å². The van der Waals surface area contributed by atoms with Crippen molar-refractivity contribution < 1.29 is 14.3 Å². The third-order valence-corrected chi connectivity index (χ3v) is 6.12. The molecule has 3 fully saturated rings. The Labute approximate surface area is 157 Å². The summed E-state index contributed by atoms with van der Waals surface area (Å²) in [6.45, 7) is 7.30. The van der Waals surface area contributed by atoms with E-state index < -0.39 is 0 Å². The Morgan fingerprint density at radius 1 is 1.04 bits per heavy atom. The van der Waals surface area contributed by atoms with Gasteiger partial charge in [-0.3, -0.25) is 14.5 Å². The normalized spacial score (nSPS) is 26.7. The minimum absolute atomic E-state index is 0.0819. The second-order valence-corrected chi connectivity index (χ2v) is 8.24. The predicted molar refractivity (Wildman–Crippen MR) is 101 cm³/mol. The van der Waals surface area contributed by atoms with Crippen LogP contribution in [-0.4, -0.2) is 73.1 Å². The minimum Gasteiger partial charge on any atom is -0.379 e. The van der Waals surface area contributed by atoms with Crippen LogP contribution in [0.15, 0.2) is 0 Å². The van der Waals surface area contributed by atoms with Crippen LogP contribution in [0.25, 0.3) is 0 Å². The highest BCUT2D eigenvalue weighted by molar-refractivity contribution is 5.81. The molecule has 2 heterocycles. The SMILES string of the molecule is C[C@@H](CC(=O)N1CCCC[C@@H]1CN1CCOCC1)NC(=O)C1CCCC1. The highest BCUT2D eigenvalue weighted by Crippen LogP contribution is 2.25. The van der Waals surface area contributed by atoms with Gasteiger partial charge in [0.1, 0.15) is 0 Å². The summed E-state index contributed by atoms with van der Waals surface area (Å²) < 4.78 is 5.43. The van der Waals surface area contributed by atoms with E-state index in [-0.39, 0.29) is 23.8 Å². The first-order chi connectivity index (χ1) is 12.6. The second-order valence-electron chi connectivity index (χ2n) is 8.24. The first kappa shape index (κ1) is 19.6. The van der Waals surface area contributed by atoms with Crippen molar-refractivity contribution in [2.24, 2.45) is 5.92 Å². The molecule has 2 amide bonds. The number of carbonyl (C=O) groups is 2. The molecule has 6 nitrogen and oxygen atoms in total. The second kappa shape index (κ2) is 9.70. The fourth-order valence-electron chi connectivity index (χ4n) is 4.58. The molecule has 1 N–H and O–H groups in total. The molecule has 0 aromatic heterocycles. The van der Waals surface area contributed by atoms with Crippen LogP contribution < -0.4 is 5.32 Å². The molecular weight excluding hydrogens is 330 g/mol. The zero-order chi connectivity index (χ0) is 18.4. The van der Waals surface area contributed by atoms with E-state index in [1.54, 1.807) is 0 Å². The van der Waals surface area contributed by atoms with Crippen LogP contribution in [0.1, 0.15) is 58.3 Å². The largest absolute Gasteiger partial charge is 0.379 e. The van der Waals surface area contributed by atoms with E-state index in [1.807, 2.05) is 6.92 Å². The van der Waals surface area contributed by atoms with Gasteiger partial charge in [-0.1, -0.05) is 12.8 Å². The number of hydrogen-bond donors (Lipinski definition) is 1. The minimum atomic E-state index is -0.0819. The Morgan fingerprint density at radius 2 is 1.73 bits per heavy atom. The van der Waals surface area contributed by atoms with Gasteiger partial charge >= 0.3 is 0 Å². The van der Waals surface area contributed by atoms with Crippen LogP contribution >= 0.6 is 0 Å². The lowest BCUT2D eigenvalue weighted by Crippen LogP contribution is -2.52. The lowest BCUT2D eigenvalue weighted by atomic mass is 10.00.